The highest BCUT2D eigenvalue weighted by atomic mass is 35.5. The Bertz CT molecular complexity index is 1250. The summed E-state index contributed by atoms with van der Waals surface area (Å²) in [6, 6.07) is 16.8. The topological polar surface area (TPSA) is 106 Å². The van der Waals surface area contributed by atoms with Gasteiger partial charge in [0.2, 0.25) is 0 Å². The average Bonchev–Trinajstić information content (AvgIpc) is 3.07. The van der Waals surface area contributed by atoms with Gasteiger partial charge in [0, 0.05) is 12.7 Å². The van der Waals surface area contributed by atoms with Gasteiger partial charge in [-0.2, -0.15) is 0 Å². The van der Waals surface area contributed by atoms with Crippen molar-refractivity contribution in [1.29, 1.82) is 0 Å². The van der Waals surface area contributed by atoms with Gasteiger partial charge in [0.15, 0.2) is 11.8 Å². The lowest BCUT2D eigenvalue weighted by molar-refractivity contribution is -0.119. The van der Waals surface area contributed by atoms with Crippen molar-refractivity contribution in [2.75, 3.05) is 18.5 Å². The van der Waals surface area contributed by atoms with Gasteiger partial charge in [-0.25, -0.2) is 9.78 Å². The number of benzene rings is 2. The van der Waals surface area contributed by atoms with Gasteiger partial charge < -0.3 is 10.1 Å². The number of ether oxygens (including phenoxy) is 1. The van der Waals surface area contributed by atoms with Gasteiger partial charge in [-0.3, -0.25) is 19.3 Å². The van der Waals surface area contributed by atoms with E-state index in [1.807, 2.05) is 30.3 Å². The first kappa shape index (κ1) is 22.2. The predicted octanol–water partition coefficient (Wildman–Crippen LogP) is 3.37. The molecule has 0 saturated carbocycles. The first-order chi connectivity index (χ1) is 15.9. The Balaban J connectivity index is 1.38. The standard InChI is InChI=1S/C24H18ClN3O5/c25-21-19(7-4-11-26-21)27-20(29)14-33-24(32)16-8-9-17-18(13-16)23(31)28(22(17)30)12-10-15-5-2-1-3-6-15/h1-9,11,13H,10,12,14H2,(H,27,29). The second-order valence-electron chi connectivity index (χ2n) is 7.22. The number of carbonyl (C=O) groups excluding carboxylic acids is 4. The number of carbonyl (C=O) groups is 4. The first-order valence-corrected chi connectivity index (χ1v) is 10.4. The molecular formula is C24H18ClN3O5. The molecule has 0 bridgehead atoms. The minimum absolute atomic E-state index is 0.0621. The van der Waals surface area contributed by atoms with Crippen LogP contribution in [-0.2, 0) is 16.0 Å². The summed E-state index contributed by atoms with van der Waals surface area (Å²) >= 11 is 5.88. The molecule has 8 nitrogen and oxygen atoms in total. The molecule has 0 aliphatic carbocycles. The molecule has 0 unspecified atom stereocenters. The minimum Gasteiger partial charge on any atom is -0.452 e. The Morgan fingerprint density at radius 3 is 2.48 bits per heavy atom. The van der Waals surface area contributed by atoms with Crippen molar-refractivity contribution in [2.24, 2.45) is 0 Å². The summed E-state index contributed by atoms with van der Waals surface area (Å²) in [5.41, 5.74) is 1.72. The number of hydrogen-bond acceptors (Lipinski definition) is 6. The van der Waals surface area contributed by atoms with Crippen LogP contribution in [0.4, 0.5) is 5.69 Å². The lowest BCUT2D eigenvalue weighted by Gasteiger charge is -2.13. The summed E-state index contributed by atoms with van der Waals surface area (Å²) in [4.78, 5) is 54.9. The van der Waals surface area contributed by atoms with Crippen LogP contribution in [0.15, 0.2) is 66.9 Å². The molecule has 4 rings (SSSR count). The van der Waals surface area contributed by atoms with Crippen LogP contribution in [0.1, 0.15) is 36.6 Å². The maximum atomic E-state index is 12.8. The highest BCUT2D eigenvalue weighted by Crippen LogP contribution is 2.25. The molecule has 1 aliphatic heterocycles. The molecule has 0 spiro atoms. The second-order valence-corrected chi connectivity index (χ2v) is 7.58. The van der Waals surface area contributed by atoms with Crippen LogP contribution < -0.4 is 5.32 Å². The minimum atomic E-state index is -0.798. The molecule has 0 radical (unpaired) electrons. The van der Waals surface area contributed by atoms with Crippen LogP contribution in [0.5, 0.6) is 0 Å². The number of aromatic nitrogens is 1. The van der Waals surface area contributed by atoms with E-state index in [2.05, 4.69) is 10.3 Å². The van der Waals surface area contributed by atoms with E-state index in [1.165, 1.54) is 24.4 Å². The number of esters is 1. The van der Waals surface area contributed by atoms with Gasteiger partial charge in [-0.15, -0.1) is 0 Å². The lowest BCUT2D eigenvalue weighted by Crippen LogP contribution is -2.31. The van der Waals surface area contributed by atoms with E-state index in [9.17, 15) is 19.2 Å². The molecule has 0 atom stereocenters. The zero-order valence-corrected chi connectivity index (χ0v) is 18.0. The fourth-order valence-corrected chi connectivity index (χ4v) is 3.55. The van der Waals surface area contributed by atoms with Gasteiger partial charge >= 0.3 is 5.97 Å². The highest BCUT2D eigenvalue weighted by molar-refractivity contribution is 6.32. The maximum Gasteiger partial charge on any atom is 0.338 e. The molecule has 33 heavy (non-hydrogen) atoms. The van der Waals surface area contributed by atoms with Crippen molar-refractivity contribution in [3.8, 4) is 0 Å². The van der Waals surface area contributed by atoms with E-state index in [4.69, 9.17) is 16.3 Å². The zero-order valence-electron chi connectivity index (χ0n) is 17.3. The third-order valence-corrected chi connectivity index (χ3v) is 5.34. The van der Waals surface area contributed by atoms with Gasteiger partial charge in [-0.1, -0.05) is 41.9 Å². The van der Waals surface area contributed by atoms with Gasteiger partial charge in [-0.05, 0) is 42.3 Å². The maximum absolute atomic E-state index is 12.8. The molecule has 1 N–H and O–H groups in total. The fraction of sp³-hybridized carbons (Fsp3) is 0.125. The van der Waals surface area contributed by atoms with Crippen molar-refractivity contribution < 1.29 is 23.9 Å². The summed E-state index contributed by atoms with van der Waals surface area (Å²) in [5, 5.41) is 2.60. The van der Waals surface area contributed by atoms with E-state index in [1.54, 1.807) is 12.1 Å². The Labute approximate surface area is 194 Å². The molecule has 1 aromatic heterocycles. The van der Waals surface area contributed by atoms with Crippen molar-refractivity contribution in [3.63, 3.8) is 0 Å². The summed E-state index contributed by atoms with van der Waals surface area (Å²) in [6.45, 7) is -0.329. The number of rotatable bonds is 7. The van der Waals surface area contributed by atoms with Crippen molar-refractivity contribution in [2.45, 2.75) is 6.42 Å². The van der Waals surface area contributed by atoms with Crippen molar-refractivity contribution in [3.05, 3.63) is 94.3 Å². The third-order valence-electron chi connectivity index (χ3n) is 5.04. The van der Waals surface area contributed by atoms with Gasteiger partial charge in [0.05, 0.1) is 22.4 Å². The summed E-state index contributed by atoms with van der Waals surface area (Å²) < 4.78 is 5.03. The van der Waals surface area contributed by atoms with Crippen molar-refractivity contribution >= 4 is 41.0 Å². The molecule has 1 aliphatic rings. The normalized spacial score (nSPS) is 12.5. The van der Waals surface area contributed by atoms with Crippen LogP contribution in [0.3, 0.4) is 0 Å². The van der Waals surface area contributed by atoms with E-state index in [0.29, 0.717) is 6.42 Å². The molecule has 166 valence electrons. The van der Waals surface area contributed by atoms with E-state index < -0.39 is 30.3 Å². The SMILES string of the molecule is O=C(COC(=O)c1ccc2c(c1)C(=O)N(CCc1ccccc1)C2=O)Nc1cccnc1Cl. The van der Waals surface area contributed by atoms with Crippen LogP contribution in [0.2, 0.25) is 5.15 Å². The molecule has 0 fully saturated rings. The largest absolute Gasteiger partial charge is 0.452 e. The molecular weight excluding hydrogens is 446 g/mol. The number of amides is 3. The Morgan fingerprint density at radius 2 is 1.73 bits per heavy atom. The molecule has 3 aromatic rings. The number of fused-ring (bicyclic) bond motifs is 1. The summed E-state index contributed by atoms with van der Waals surface area (Å²) in [5.74, 6) is -2.27. The smallest absolute Gasteiger partial charge is 0.338 e. The zero-order chi connectivity index (χ0) is 23.4. The number of nitrogens with zero attached hydrogens (tertiary/aromatic N) is 2. The molecule has 2 heterocycles. The highest BCUT2D eigenvalue weighted by Gasteiger charge is 2.35. The van der Waals surface area contributed by atoms with Crippen LogP contribution in [0.25, 0.3) is 0 Å². The third kappa shape index (κ3) is 4.91. The monoisotopic (exact) mass is 463 g/mol. The molecule has 3 amide bonds. The van der Waals surface area contributed by atoms with Gasteiger partial charge in [0.1, 0.15) is 0 Å². The molecule has 2 aromatic carbocycles. The Morgan fingerprint density at radius 1 is 0.970 bits per heavy atom. The van der Waals surface area contributed by atoms with Crippen LogP contribution >= 0.6 is 11.6 Å². The lowest BCUT2D eigenvalue weighted by atomic mass is 10.1. The van der Waals surface area contributed by atoms with Gasteiger partial charge in [0.25, 0.3) is 17.7 Å². The number of pyridine rings is 1. The molecule has 0 saturated heterocycles. The predicted molar refractivity (Wildman–Crippen MR) is 120 cm³/mol. The molecule has 9 heteroatoms. The number of halogens is 1. The average molecular weight is 464 g/mol. The Hall–Kier alpha value is -4.04. The summed E-state index contributed by atoms with van der Waals surface area (Å²) in [6.07, 6.45) is 2.00. The Kier molecular flexibility index (Phi) is 6.46. The quantitative estimate of drug-likeness (QED) is 0.327. The van der Waals surface area contributed by atoms with E-state index in [-0.39, 0.29) is 34.1 Å². The van der Waals surface area contributed by atoms with Crippen LogP contribution in [0, 0.1) is 0 Å². The number of nitrogens with one attached hydrogen (secondary N) is 1. The number of imide groups is 1. The van der Waals surface area contributed by atoms with E-state index >= 15 is 0 Å². The van der Waals surface area contributed by atoms with Crippen molar-refractivity contribution in [1.82, 2.24) is 9.88 Å². The number of anilines is 1. The van der Waals surface area contributed by atoms with E-state index in [0.717, 1.165) is 10.5 Å². The second kappa shape index (κ2) is 9.62. The summed E-state index contributed by atoms with van der Waals surface area (Å²) in [7, 11) is 0. The number of hydrogen-bond donors (Lipinski definition) is 1. The first-order valence-electron chi connectivity index (χ1n) is 10.1. The van der Waals surface area contributed by atoms with Crippen LogP contribution in [-0.4, -0.2) is 46.7 Å². The fourth-order valence-electron chi connectivity index (χ4n) is 3.39.